The Bertz CT molecular complexity index is 363. The number of carbonyl (C=O) groups is 1. The average Bonchev–Trinajstić information content (AvgIpc) is 2.34. The maximum Gasteiger partial charge on any atom is 0.299 e. The first-order valence-electron chi connectivity index (χ1n) is 3.12. The molecule has 2 N–H and O–H groups in total. The number of aliphatic imine (C=N–C) groups is 1. The molecule has 1 heterocycles. The predicted molar refractivity (Wildman–Crippen MR) is 45.9 cm³/mol. The maximum atomic E-state index is 11.0. The largest absolute Gasteiger partial charge is 0.397 e. The van der Waals surface area contributed by atoms with Gasteiger partial charge in [-0.15, -0.1) is 16.3 Å². The number of amides is 1. The van der Waals surface area contributed by atoms with Crippen molar-refractivity contribution in [3.05, 3.63) is 15.8 Å². The normalized spacial score (nSPS) is 9.08. The number of hydrogen-bond acceptors (Lipinski definition) is 4. The van der Waals surface area contributed by atoms with E-state index in [2.05, 4.69) is 4.99 Å². The van der Waals surface area contributed by atoms with E-state index in [9.17, 15) is 9.59 Å². The fourth-order valence-electron chi connectivity index (χ4n) is 0.711. The van der Waals surface area contributed by atoms with Crippen molar-refractivity contribution < 1.29 is 9.59 Å². The van der Waals surface area contributed by atoms with Crippen molar-refractivity contribution in [1.29, 1.82) is 0 Å². The summed E-state index contributed by atoms with van der Waals surface area (Å²) in [6, 6.07) is 0. The molecule has 0 aliphatic rings. The molecule has 0 spiro atoms. The maximum absolute atomic E-state index is 11.0. The number of rotatable bonds is 1. The van der Waals surface area contributed by atoms with Crippen molar-refractivity contribution in [2.45, 2.75) is 6.92 Å². The summed E-state index contributed by atoms with van der Waals surface area (Å²) < 4.78 is 0. The summed E-state index contributed by atoms with van der Waals surface area (Å²) in [5.74, 6) is -0.624. The first kappa shape index (κ1) is 8.64. The lowest BCUT2D eigenvalue weighted by atomic mass is 10.3. The summed E-state index contributed by atoms with van der Waals surface area (Å²) in [6.45, 7) is 1.78. The van der Waals surface area contributed by atoms with Gasteiger partial charge in [-0.25, -0.2) is 4.79 Å². The number of isocyanates is 1. The van der Waals surface area contributed by atoms with Crippen molar-refractivity contribution in [2.24, 2.45) is 4.99 Å². The molecule has 1 aromatic heterocycles. The number of hydrogen-bond donors (Lipinski definition) is 1. The van der Waals surface area contributed by atoms with Gasteiger partial charge in [-0.05, 0) is 17.9 Å². The highest BCUT2D eigenvalue weighted by Crippen LogP contribution is 2.24. The van der Waals surface area contributed by atoms with Crippen molar-refractivity contribution in [2.75, 3.05) is 5.73 Å². The van der Waals surface area contributed by atoms with E-state index in [-0.39, 0.29) is 0 Å². The van der Waals surface area contributed by atoms with Gasteiger partial charge >= 0.3 is 0 Å². The molecule has 0 bridgehead atoms. The van der Waals surface area contributed by atoms with Gasteiger partial charge in [0.2, 0.25) is 6.08 Å². The minimum atomic E-state index is -0.624. The third-order valence-corrected chi connectivity index (χ3v) is 2.47. The molecule has 1 aromatic rings. The predicted octanol–water partition coefficient (Wildman–Crippen LogP) is 1.11. The Labute approximate surface area is 72.7 Å². The van der Waals surface area contributed by atoms with Crippen LogP contribution in [-0.4, -0.2) is 12.0 Å². The molecule has 0 aliphatic heterocycles. The molecule has 4 nitrogen and oxygen atoms in total. The quantitative estimate of drug-likeness (QED) is 0.522. The third kappa shape index (κ3) is 1.42. The van der Waals surface area contributed by atoms with Gasteiger partial charge in [0, 0.05) is 0 Å². The summed E-state index contributed by atoms with van der Waals surface area (Å²) >= 11 is 1.18. The van der Waals surface area contributed by atoms with Crippen LogP contribution in [0.15, 0.2) is 10.4 Å². The monoisotopic (exact) mass is 182 g/mol. The van der Waals surface area contributed by atoms with E-state index in [1.54, 1.807) is 12.3 Å². The van der Waals surface area contributed by atoms with Crippen LogP contribution in [0.1, 0.15) is 15.2 Å². The van der Waals surface area contributed by atoms with Crippen molar-refractivity contribution in [3.8, 4) is 0 Å². The highest BCUT2D eigenvalue weighted by atomic mass is 32.1. The van der Waals surface area contributed by atoms with Gasteiger partial charge in [-0.3, -0.25) is 4.79 Å². The van der Waals surface area contributed by atoms with Gasteiger partial charge in [0.05, 0.1) is 5.69 Å². The summed E-state index contributed by atoms with van der Waals surface area (Å²) in [7, 11) is 0. The molecule has 0 unspecified atom stereocenters. The van der Waals surface area contributed by atoms with Crippen LogP contribution in [-0.2, 0) is 4.79 Å². The second-order valence-corrected chi connectivity index (χ2v) is 3.05. The van der Waals surface area contributed by atoms with Crippen molar-refractivity contribution >= 4 is 29.0 Å². The number of thiophene rings is 1. The Balaban J connectivity index is 3.11. The van der Waals surface area contributed by atoms with Crippen LogP contribution < -0.4 is 5.73 Å². The molecular weight excluding hydrogens is 176 g/mol. The van der Waals surface area contributed by atoms with Crippen LogP contribution >= 0.6 is 11.3 Å². The van der Waals surface area contributed by atoms with Crippen molar-refractivity contribution in [3.63, 3.8) is 0 Å². The van der Waals surface area contributed by atoms with Crippen molar-refractivity contribution in [1.82, 2.24) is 0 Å². The molecule has 0 aliphatic carbocycles. The first-order chi connectivity index (χ1) is 5.66. The van der Waals surface area contributed by atoms with E-state index in [0.717, 1.165) is 5.56 Å². The number of aryl methyl sites for hydroxylation is 1. The van der Waals surface area contributed by atoms with Crippen LogP contribution in [0.25, 0.3) is 0 Å². The highest BCUT2D eigenvalue weighted by molar-refractivity contribution is 7.12. The van der Waals surface area contributed by atoms with Crippen LogP contribution in [0.4, 0.5) is 5.69 Å². The van der Waals surface area contributed by atoms with E-state index < -0.39 is 5.91 Å². The van der Waals surface area contributed by atoms with Gasteiger partial charge in [-0.2, -0.15) is 0 Å². The second-order valence-electron chi connectivity index (χ2n) is 2.17. The molecule has 62 valence electrons. The highest BCUT2D eigenvalue weighted by Gasteiger charge is 2.12. The fraction of sp³-hybridized carbons (Fsp3) is 0.143. The lowest BCUT2D eigenvalue weighted by Crippen LogP contribution is -1.96. The van der Waals surface area contributed by atoms with Crippen LogP contribution in [0.2, 0.25) is 0 Å². The minimum absolute atomic E-state index is 0.302. The number of nitrogens with zero attached hydrogens (tertiary/aromatic N) is 1. The Morgan fingerprint density at radius 1 is 1.75 bits per heavy atom. The van der Waals surface area contributed by atoms with Crippen LogP contribution in [0.5, 0.6) is 0 Å². The smallest absolute Gasteiger partial charge is 0.299 e. The van der Waals surface area contributed by atoms with Gasteiger partial charge < -0.3 is 5.73 Å². The lowest BCUT2D eigenvalue weighted by molar-refractivity contribution is 0.101. The molecule has 5 heteroatoms. The SMILES string of the molecule is Cc1csc(C(=O)N=C=O)c1N. The first-order valence-corrected chi connectivity index (χ1v) is 4.00. The molecule has 1 rings (SSSR count). The Kier molecular flexibility index (Phi) is 2.38. The van der Waals surface area contributed by atoms with Crippen LogP contribution in [0, 0.1) is 6.92 Å². The Morgan fingerprint density at radius 2 is 2.42 bits per heavy atom. The topological polar surface area (TPSA) is 72.5 Å². The molecule has 0 aromatic carbocycles. The average molecular weight is 182 g/mol. The number of carbonyl (C=O) groups excluding carboxylic acids is 2. The van der Waals surface area contributed by atoms with E-state index in [0.29, 0.717) is 10.6 Å². The minimum Gasteiger partial charge on any atom is -0.397 e. The molecular formula is C7H6N2O2S. The fourth-order valence-corrected chi connectivity index (χ4v) is 1.57. The summed E-state index contributed by atoms with van der Waals surface area (Å²) in [5, 5.41) is 1.74. The van der Waals surface area contributed by atoms with E-state index >= 15 is 0 Å². The summed E-state index contributed by atoms with van der Waals surface area (Å²) in [6.07, 6.45) is 1.18. The van der Waals surface area contributed by atoms with Crippen LogP contribution in [0.3, 0.4) is 0 Å². The molecule has 12 heavy (non-hydrogen) atoms. The van der Waals surface area contributed by atoms with Gasteiger partial charge in [0.15, 0.2) is 0 Å². The standard InChI is InChI=1S/C7H6N2O2S/c1-4-2-12-6(5(4)8)7(11)9-3-10/h2H,8H2,1H3. The molecule has 0 radical (unpaired) electrons. The second kappa shape index (κ2) is 3.30. The van der Waals surface area contributed by atoms with Gasteiger partial charge in [0.25, 0.3) is 5.91 Å². The molecule has 0 saturated heterocycles. The molecule has 0 saturated carbocycles. The van der Waals surface area contributed by atoms with Gasteiger partial charge in [0.1, 0.15) is 4.88 Å². The van der Waals surface area contributed by atoms with E-state index in [4.69, 9.17) is 5.73 Å². The summed E-state index contributed by atoms with van der Waals surface area (Å²) in [4.78, 5) is 24.0. The number of anilines is 1. The van der Waals surface area contributed by atoms with E-state index in [1.165, 1.54) is 17.4 Å². The Hall–Kier alpha value is -1.45. The lowest BCUT2D eigenvalue weighted by Gasteiger charge is -1.91. The third-order valence-electron chi connectivity index (χ3n) is 1.36. The molecule has 0 atom stereocenters. The van der Waals surface area contributed by atoms with E-state index in [1.807, 2.05) is 0 Å². The summed E-state index contributed by atoms with van der Waals surface area (Å²) in [5.41, 5.74) is 6.75. The zero-order valence-electron chi connectivity index (χ0n) is 6.33. The number of nitrogen functional groups attached to an aromatic ring is 1. The zero-order chi connectivity index (χ0) is 9.14. The molecule has 1 amide bonds. The molecule has 0 fully saturated rings. The zero-order valence-corrected chi connectivity index (χ0v) is 7.14. The number of nitrogens with two attached hydrogens (primary N) is 1. The van der Waals surface area contributed by atoms with Gasteiger partial charge in [-0.1, -0.05) is 0 Å². The Morgan fingerprint density at radius 3 is 2.83 bits per heavy atom.